The highest BCUT2D eigenvalue weighted by atomic mass is 16.5. The molecule has 8 nitrogen and oxygen atoms in total. The predicted octanol–water partition coefficient (Wildman–Crippen LogP) is 1.18. The summed E-state index contributed by atoms with van der Waals surface area (Å²) in [6, 6.07) is 4.70. The molecular weight excluding hydrogens is 350 g/mol. The summed E-state index contributed by atoms with van der Waals surface area (Å²) in [5.41, 5.74) is 1.25. The quantitative estimate of drug-likeness (QED) is 0.636. The molecule has 27 heavy (non-hydrogen) atoms. The monoisotopic (exact) mass is 371 g/mol. The Kier molecular flexibility index (Phi) is 5.25. The van der Waals surface area contributed by atoms with Crippen LogP contribution in [0.3, 0.4) is 0 Å². The van der Waals surface area contributed by atoms with Gasteiger partial charge in [0, 0.05) is 19.0 Å². The molecule has 1 saturated heterocycles. The zero-order valence-corrected chi connectivity index (χ0v) is 15.1. The lowest BCUT2D eigenvalue weighted by Crippen LogP contribution is -2.48. The zero-order valence-electron chi connectivity index (χ0n) is 15.1. The predicted molar refractivity (Wildman–Crippen MR) is 98.3 cm³/mol. The van der Waals surface area contributed by atoms with Crippen LogP contribution in [0.4, 0.5) is 11.4 Å². The molecule has 0 spiro atoms. The number of nitrogens with one attached hydrogen (secondary N) is 1. The van der Waals surface area contributed by atoms with E-state index >= 15 is 0 Å². The van der Waals surface area contributed by atoms with Gasteiger partial charge in [0.15, 0.2) is 0 Å². The molecule has 8 heteroatoms. The summed E-state index contributed by atoms with van der Waals surface area (Å²) in [5.74, 6) is -1.40. The van der Waals surface area contributed by atoms with Gasteiger partial charge >= 0.3 is 5.97 Å². The zero-order chi connectivity index (χ0) is 19.6. The standard InChI is InChI=1S/C19H21N3O5/c1-3-17(24)21-8-6-12(7-9-21)18(25)22-11-16(23)20-14-10-13(19(26)27-2)4-5-15(14)22/h3-5,10,12H,1,6-9,11H2,2H3,(H,20,23). The molecule has 3 amide bonds. The Labute approximate surface area is 156 Å². The first kappa shape index (κ1) is 18.6. The van der Waals surface area contributed by atoms with Crippen LogP contribution in [0.5, 0.6) is 0 Å². The Morgan fingerprint density at radius 3 is 2.59 bits per heavy atom. The van der Waals surface area contributed by atoms with Gasteiger partial charge in [0.05, 0.1) is 24.0 Å². The number of nitrogens with zero attached hydrogens (tertiary/aromatic N) is 2. The largest absolute Gasteiger partial charge is 0.465 e. The maximum atomic E-state index is 13.0. The Morgan fingerprint density at radius 2 is 1.96 bits per heavy atom. The first-order valence-corrected chi connectivity index (χ1v) is 8.69. The van der Waals surface area contributed by atoms with Crippen molar-refractivity contribution in [1.82, 2.24) is 4.90 Å². The van der Waals surface area contributed by atoms with E-state index in [1.165, 1.54) is 24.2 Å². The van der Waals surface area contributed by atoms with Crippen LogP contribution in [0.15, 0.2) is 30.9 Å². The number of rotatable bonds is 3. The van der Waals surface area contributed by atoms with Gasteiger partial charge in [0.1, 0.15) is 6.54 Å². The highest BCUT2D eigenvalue weighted by Gasteiger charge is 2.34. The molecule has 2 aliphatic rings. The fraction of sp³-hybridized carbons (Fsp3) is 0.368. The molecular formula is C19H21N3O5. The van der Waals surface area contributed by atoms with Gasteiger partial charge in [0.25, 0.3) is 0 Å². The number of fused-ring (bicyclic) bond motifs is 1. The number of methoxy groups -OCH3 is 1. The van der Waals surface area contributed by atoms with E-state index in [4.69, 9.17) is 4.74 Å². The smallest absolute Gasteiger partial charge is 0.337 e. The molecule has 1 N–H and O–H groups in total. The Hall–Kier alpha value is -3.16. The molecule has 2 heterocycles. The van der Waals surface area contributed by atoms with Crippen LogP contribution in [-0.2, 0) is 19.1 Å². The van der Waals surface area contributed by atoms with Crippen LogP contribution in [0, 0.1) is 5.92 Å². The molecule has 1 aromatic carbocycles. The molecule has 1 aromatic rings. The number of amides is 3. The van der Waals surface area contributed by atoms with Gasteiger partial charge in [0.2, 0.25) is 17.7 Å². The third-order valence-corrected chi connectivity index (χ3v) is 4.88. The number of likely N-dealkylation sites (tertiary alicyclic amines) is 1. The molecule has 142 valence electrons. The van der Waals surface area contributed by atoms with Crippen molar-refractivity contribution in [2.75, 3.05) is 37.0 Å². The van der Waals surface area contributed by atoms with Crippen molar-refractivity contribution in [2.45, 2.75) is 12.8 Å². The number of hydrogen-bond donors (Lipinski definition) is 1. The second-order valence-corrected chi connectivity index (χ2v) is 6.50. The average molecular weight is 371 g/mol. The minimum Gasteiger partial charge on any atom is -0.465 e. The van der Waals surface area contributed by atoms with Crippen molar-refractivity contribution in [3.8, 4) is 0 Å². The lowest BCUT2D eigenvalue weighted by molar-refractivity contribution is -0.131. The average Bonchev–Trinajstić information content (AvgIpc) is 2.70. The minimum atomic E-state index is -0.519. The van der Waals surface area contributed by atoms with Crippen LogP contribution in [0.2, 0.25) is 0 Å². The van der Waals surface area contributed by atoms with Gasteiger partial charge in [-0.15, -0.1) is 0 Å². The second-order valence-electron chi connectivity index (χ2n) is 6.50. The van der Waals surface area contributed by atoms with Crippen LogP contribution in [-0.4, -0.2) is 55.3 Å². The van der Waals surface area contributed by atoms with E-state index in [1.54, 1.807) is 17.0 Å². The SMILES string of the molecule is C=CC(=O)N1CCC(C(=O)N2CC(=O)Nc3cc(C(=O)OC)ccc32)CC1. The van der Waals surface area contributed by atoms with E-state index in [-0.39, 0.29) is 30.2 Å². The van der Waals surface area contributed by atoms with E-state index in [0.29, 0.717) is 42.9 Å². The first-order valence-electron chi connectivity index (χ1n) is 8.69. The fourth-order valence-electron chi connectivity index (χ4n) is 3.43. The number of ether oxygens (including phenoxy) is 1. The van der Waals surface area contributed by atoms with Crippen molar-refractivity contribution in [2.24, 2.45) is 5.92 Å². The highest BCUT2D eigenvalue weighted by molar-refractivity contribution is 6.11. The van der Waals surface area contributed by atoms with Crippen molar-refractivity contribution in [3.05, 3.63) is 36.4 Å². The van der Waals surface area contributed by atoms with E-state index in [1.807, 2.05) is 0 Å². The molecule has 0 aromatic heterocycles. The Balaban J connectivity index is 1.79. The normalized spacial score (nSPS) is 17.0. The molecule has 0 saturated carbocycles. The summed E-state index contributed by atoms with van der Waals surface area (Å²) in [5, 5.41) is 2.69. The summed E-state index contributed by atoms with van der Waals surface area (Å²) in [6.07, 6.45) is 2.34. The summed E-state index contributed by atoms with van der Waals surface area (Å²) in [6.45, 7) is 4.37. The van der Waals surface area contributed by atoms with Gasteiger partial charge in [-0.3, -0.25) is 14.4 Å². The Bertz CT molecular complexity index is 812. The van der Waals surface area contributed by atoms with E-state index in [2.05, 4.69) is 11.9 Å². The van der Waals surface area contributed by atoms with Gasteiger partial charge < -0.3 is 19.9 Å². The number of benzene rings is 1. The molecule has 0 radical (unpaired) electrons. The molecule has 3 rings (SSSR count). The third-order valence-electron chi connectivity index (χ3n) is 4.88. The van der Waals surface area contributed by atoms with Crippen molar-refractivity contribution in [3.63, 3.8) is 0 Å². The summed E-state index contributed by atoms with van der Waals surface area (Å²) in [4.78, 5) is 51.6. The van der Waals surface area contributed by atoms with Gasteiger partial charge in [-0.25, -0.2) is 4.79 Å². The van der Waals surface area contributed by atoms with Crippen LogP contribution < -0.4 is 10.2 Å². The minimum absolute atomic E-state index is 0.0742. The molecule has 0 aliphatic carbocycles. The van der Waals surface area contributed by atoms with Gasteiger partial charge in [-0.1, -0.05) is 6.58 Å². The maximum absolute atomic E-state index is 13.0. The lowest BCUT2D eigenvalue weighted by atomic mass is 9.94. The fourth-order valence-corrected chi connectivity index (χ4v) is 3.43. The number of hydrogen-bond acceptors (Lipinski definition) is 5. The number of carbonyl (C=O) groups excluding carboxylic acids is 4. The molecule has 0 bridgehead atoms. The van der Waals surface area contributed by atoms with Crippen molar-refractivity contribution in [1.29, 1.82) is 0 Å². The second kappa shape index (κ2) is 7.61. The molecule has 0 unspecified atom stereocenters. The maximum Gasteiger partial charge on any atom is 0.337 e. The number of carbonyl (C=O) groups is 4. The topological polar surface area (TPSA) is 96.0 Å². The number of anilines is 2. The lowest BCUT2D eigenvalue weighted by Gasteiger charge is -2.35. The van der Waals surface area contributed by atoms with E-state index in [9.17, 15) is 19.2 Å². The van der Waals surface area contributed by atoms with Crippen molar-refractivity contribution >= 4 is 35.1 Å². The van der Waals surface area contributed by atoms with Crippen LogP contribution >= 0.6 is 0 Å². The number of piperidine rings is 1. The van der Waals surface area contributed by atoms with E-state index < -0.39 is 5.97 Å². The van der Waals surface area contributed by atoms with E-state index in [0.717, 1.165) is 0 Å². The van der Waals surface area contributed by atoms with Crippen LogP contribution in [0.25, 0.3) is 0 Å². The molecule has 1 fully saturated rings. The molecule has 2 aliphatic heterocycles. The summed E-state index contributed by atoms with van der Waals surface area (Å²) in [7, 11) is 1.28. The van der Waals surface area contributed by atoms with Gasteiger partial charge in [-0.05, 0) is 37.1 Å². The van der Waals surface area contributed by atoms with Crippen molar-refractivity contribution < 1.29 is 23.9 Å². The summed E-state index contributed by atoms with van der Waals surface area (Å²) >= 11 is 0. The van der Waals surface area contributed by atoms with Crippen LogP contribution in [0.1, 0.15) is 23.2 Å². The molecule has 0 atom stereocenters. The first-order chi connectivity index (χ1) is 12.9. The third kappa shape index (κ3) is 3.69. The highest BCUT2D eigenvalue weighted by Crippen LogP contribution is 2.33. The number of esters is 1. The summed E-state index contributed by atoms with van der Waals surface area (Å²) < 4.78 is 4.69. The van der Waals surface area contributed by atoms with Gasteiger partial charge in [-0.2, -0.15) is 0 Å². The Morgan fingerprint density at radius 1 is 1.26 bits per heavy atom.